The number of carbonyl (C=O) groups excluding carboxylic acids is 2. The number of alkyl carbamates (subject to hydrolysis) is 1. The van der Waals surface area contributed by atoms with Crippen molar-refractivity contribution in [2.24, 2.45) is 0 Å². The molecule has 1 aliphatic carbocycles. The number of amides is 2. The Morgan fingerprint density at radius 3 is 2.34 bits per heavy atom. The Bertz CT molecular complexity index is 1810. The van der Waals surface area contributed by atoms with Crippen LogP contribution >= 0.6 is 11.6 Å². The number of anilines is 2. The summed E-state index contributed by atoms with van der Waals surface area (Å²) < 4.78 is 73.0. The number of ether oxygens (including phenoxy) is 1. The van der Waals surface area contributed by atoms with Crippen molar-refractivity contribution in [1.82, 2.24) is 19.9 Å². The van der Waals surface area contributed by atoms with Crippen LogP contribution in [-0.4, -0.2) is 74.6 Å². The maximum Gasteiger partial charge on any atom is 0.416 e. The Kier molecular flexibility index (Phi) is 11.3. The first kappa shape index (κ1) is 37.3. The minimum atomic E-state index is -4.59. The summed E-state index contributed by atoms with van der Waals surface area (Å²) in [5.41, 5.74) is 1.61. The molecule has 0 saturated carbocycles. The van der Waals surface area contributed by atoms with Crippen molar-refractivity contribution in [2.75, 3.05) is 49.5 Å². The number of rotatable bonds is 10. The second kappa shape index (κ2) is 15.1. The van der Waals surface area contributed by atoms with Crippen LogP contribution in [0.1, 0.15) is 66.7 Å². The van der Waals surface area contributed by atoms with Gasteiger partial charge < -0.3 is 25.6 Å². The zero-order chi connectivity index (χ0) is 36.3. The van der Waals surface area contributed by atoms with Gasteiger partial charge in [0.15, 0.2) is 0 Å². The molecule has 1 fully saturated rings. The van der Waals surface area contributed by atoms with Crippen LogP contribution < -0.4 is 20.9 Å². The number of aryl methyl sites for hydroxylation is 1. The van der Waals surface area contributed by atoms with Crippen molar-refractivity contribution < 1.29 is 35.9 Å². The molecule has 2 heterocycles. The number of sulfonamides is 1. The van der Waals surface area contributed by atoms with Crippen LogP contribution in [-0.2, 0) is 27.4 Å². The van der Waals surface area contributed by atoms with E-state index < -0.39 is 33.5 Å². The quantitative estimate of drug-likeness (QED) is 0.170. The minimum Gasteiger partial charge on any atom is -0.444 e. The van der Waals surface area contributed by atoms with E-state index in [4.69, 9.17) is 16.3 Å². The average molecular weight is 737 g/mol. The van der Waals surface area contributed by atoms with Crippen molar-refractivity contribution in [3.8, 4) is 0 Å². The second-order valence-electron chi connectivity index (χ2n) is 13.1. The number of halogens is 4. The lowest BCUT2D eigenvalue weighted by Gasteiger charge is -2.35. The number of piperazine rings is 1. The summed E-state index contributed by atoms with van der Waals surface area (Å²) in [6.07, 6.45) is -2.56. The second-order valence-corrected chi connectivity index (χ2v) is 15.5. The van der Waals surface area contributed by atoms with Crippen molar-refractivity contribution in [1.29, 1.82) is 0 Å². The van der Waals surface area contributed by atoms with Crippen LogP contribution in [0.5, 0.6) is 0 Å². The summed E-state index contributed by atoms with van der Waals surface area (Å²) in [5.74, 6) is -0.308. The summed E-state index contributed by atoms with van der Waals surface area (Å²) in [6, 6.07) is 13.1. The first-order valence-corrected chi connectivity index (χ1v) is 18.1. The molecule has 16 heteroatoms. The molecule has 1 unspecified atom stereocenters. The number of aromatic nitrogens is 1. The molecule has 270 valence electrons. The Labute approximate surface area is 294 Å². The van der Waals surface area contributed by atoms with Gasteiger partial charge in [-0.2, -0.15) is 17.5 Å². The SMILES string of the molecule is CC(C)(C)OC(=O)NCCCNC1CCc2ccc(C(=O)Nc3ccc(S(=O)(=O)N4CCN(c5cc(C(F)(F)F)cc(Cl)n5)CC4)cc3)cc21. The lowest BCUT2D eigenvalue weighted by molar-refractivity contribution is -0.137. The maximum absolute atomic E-state index is 13.4. The molecular weight excluding hydrogens is 697 g/mol. The van der Waals surface area contributed by atoms with Gasteiger partial charge in [0.25, 0.3) is 5.91 Å². The summed E-state index contributed by atoms with van der Waals surface area (Å²) >= 11 is 5.82. The molecule has 1 saturated heterocycles. The van der Waals surface area contributed by atoms with Gasteiger partial charge >= 0.3 is 12.3 Å². The van der Waals surface area contributed by atoms with Gasteiger partial charge in [-0.1, -0.05) is 17.7 Å². The summed E-state index contributed by atoms with van der Waals surface area (Å²) in [5, 5.41) is 8.78. The Balaban J connectivity index is 1.13. The minimum absolute atomic E-state index is 0.0249. The first-order valence-electron chi connectivity index (χ1n) is 16.2. The Morgan fingerprint density at radius 1 is 0.980 bits per heavy atom. The molecule has 50 heavy (non-hydrogen) atoms. The van der Waals surface area contributed by atoms with E-state index in [2.05, 4.69) is 20.9 Å². The fourth-order valence-electron chi connectivity index (χ4n) is 5.85. The zero-order valence-corrected chi connectivity index (χ0v) is 29.5. The Hall–Kier alpha value is -3.92. The van der Waals surface area contributed by atoms with E-state index in [1.165, 1.54) is 28.6 Å². The van der Waals surface area contributed by atoms with Gasteiger partial charge in [0.05, 0.1) is 10.5 Å². The zero-order valence-electron chi connectivity index (χ0n) is 27.9. The van der Waals surface area contributed by atoms with Gasteiger partial charge in [-0.15, -0.1) is 0 Å². The molecule has 5 rings (SSSR count). The molecule has 3 N–H and O–H groups in total. The predicted molar refractivity (Wildman–Crippen MR) is 184 cm³/mol. The van der Waals surface area contributed by atoms with Gasteiger partial charge in [-0.3, -0.25) is 4.79 Å². The average Bonchev–Trinajstić information content (AvgIpc) is 3.45. The van der Waals surface area contributed by atoms with E-state index >= 15 is 0 Å². The molecule has 0 spiro atoms. The molecule has 2 amide bonds. The molecule has 0 bridgehead atoms. The van der Waals surface area contributed by atoms with E-state index in [1.807, 2.05) is 32.9 Å². The van der Waals surface area contributed by atoms with Crippen molar-refractivity contribution in [2.45, 2.75) is 62.7 Å². The van der Waals surface area contributed by atoms with E-state index in [0.29, 0.717) is 30.8 Å². The first-order chi connectivity index (χ1) is 23.5. The predicted octanol–water partition coefficient (Wildman–Crippen LogP) is 6.01. The van der Waals surface area contributed by atoms with E-state index in [9.17, 15) is 31.2 Å². The largest absolute Gasteiger partial charge is 0.444 e. The number of pyridine rings is 1. The highest BCUT2D eigenvalue weighted by atomic mass is 35.5. The number of hydrogen-bond donors (Lipinski definition) is 3. The number of nitrogens with one attached hydrogen (secondary N) is 3. The maximum atomic E-state index is 13.4. The van der Waals surface area contributed by atoms with Crippen LogP contribution in [0.2, 0.25) is 5.15 Å². The highest BCUT2D eigenvalue weighted by Gasteiger charge is 2.34. The third-order valence-corrected chi connectivity index (χ3v) is 10.4. The van der Waals surface area contributed by atoms with Crippen LogP contribution in [0.25, 0.3) is 0 Å². The summed E-state index contributed by atoms with van der Waals surface area (Å²) in [6.45, 7) is 6.89. The summed E-state index contributed by atoms with van der Waals surface area (Å²) in [7, 11) is -3.91. The number of carbonyl (C=O) groups is 2. The van der Waals surface area contributed by atoms with E-state index in [-0.39, 0.29) is 54.0 Å². The third-order valence-electron chi connectivity index (χ3n) is 8.32. The van der Waals surface area contributed by atoms with E-state index in [1.54, 1.807) is 11.0 Å². The monoisotopic (exact) mass is 736 g/mol. The van der Waals surface area contributed by atoms with Crippen LogP contribution in [0, 0.1) is 0 Å². The van der Waals surface area contributed by atoms with Gasteiger partial charge in [0, 0.05) is 50.0 Å². The number of benzene rings is 2. The summed E-state index contributed by atoms with van der Waals surface area (Å²) in [4.78, 5) is 30.6. The normalized spacial score (nSPS) is 16.9. The lowest BCUT2D eigenvalue weighted by atomic mass is 10.0. The highest BCUT2D eigenvalue weighted by molar-refractivity contribution is 7.89. The molecule has 1 aromatic heterocycles. The molecule has 3 aromatic rings. The van der Waals surface area contributed by atoms with E-state index in [0.717, 1.165) is 36.1 Å². The fraction of sp³-hybridized carbons (Fsp3) is 0.441. The fourth-order valence-corrected chi connectivity index (χ4v) is 7.48. The highest BCUT2D eigenvalue weighted by Crippen LogP contribution is 2.34. The topological polar surface area (TPSA) is 133 Å². The molecule has 11 nitrogen and oxygen atoms in total. The standard InChI is InChI=1S/C34H40ClF3N6O5S/c1-33(2,3)49-32(46)40-14-4-13-39-28-12-7-22-5-6-23(19-27(22)28)31(45)41-25-8-10-26(11-9-25)50(47,48)44-17-15-43(16-18-44)30-21-24(34(36,37)38)20-29(35)42-30/h5-6,8-11,19-21,28,39H,4,7,12-18H2,1-3H3,(H,40,46)(H,41,45). The molecular formula is C34H40ClF3N6O5S. The van der Waals surface area contributed by atoms with Crippen LogP contribution in [0.15, 0.2) is 59.5 Å². The molecule has 1 aliphatic heterocycles. The number of hydrogen-bond acceptors (Lipinski definition) is 8. The van der Waals surface area contributed by atoms with Crippen molar-refractivity contribution >= 4 is 45.1 Å². The molecule has 0 radical (unpaired) electrons. The van der Waals surface area contributed by atoms with Gasteiger partial charge in [-0.05, 0) is 106 Å². The van der Waals surface area contributed by atoms with Gasteiger partial charge in [-0.25, -0.2) is 18.2 Å². The number of nitrogens with zero attached hydrogens (tertiary/aromatic N) is 3. The van der Waals surface area contributed by atoms with Crippen LogP contribution in [0.3, 0.4) is 0 Å². The number of fused-ring (bicyclic) bond motifs is 1. The Morgan fingerprint density at radius 2 is 1.68 bits per heavy atom. The number of alkyl halides is 3. The van der Waals surface area contributed by atoms with Crippen LogP contribution in [0.4, 0.5) is 29.5 Å². The van der Waals surface area contributed by atoms with Crippen molar-refractivity contribution in [3.05, 3.63) is 82.0 Å². The lowest BCUT2D eigenvalue weighted by Crippen LogP contribution is -2.49. The third kappa shape index (κ3) is 9.44. The van der Waals surface area contributed by atoms with Gasteiger partial charge in [0.1, 0.15) is 16.6 Å². The molecule has 2 aliphatic rings. The molecule has 1 atom stereocenters. The smallest absolute Gasteiger partial charge is 0.416 e. The van der Waals surface area contributed by atoms with Gasteiger partial charge in [0.2, 0.25) is 10.0 Å². The molecule has 2 aromatic carbocycles. The van der Waals surface area contributed by atoms with Crippen molar-refractivity contribution in [3.63, 3.8) is 0 Å².